The molecule has 6 nitrogen and oxygen atoms in total. The molecule has 0 aromatic carbocycles. The topological polar surface area (TPSA) is 71.2 Å². The van der Waals surface area contributed by atoms with Gasteiger partial charge in [-0.25, -0.2) is 9.67 Å². The van der Waals surface area contributed by atoms with Crippen molar-refractivity contribution in [2.45, 2.75) is 76.2 Å². The number of amides is 1. The molecule has 1 aromatic rings. The van der Waals surface area contributed by atoms with E-state index in [1.807, 2.05) is 6.33 Å². The van der Waals surface area contributed by atoms with Crippen molar-refractivity contribution < 1.29 is 9.90 Å². The van der Waals surface area contributed by atoms with Gasteiger partial charge in [0.1, 0.15) is 6.33 Å². The quantitative estimate of drug-likeness (QED) is 0.884. The summed E-state index contributed by atoms with van der Waals surface area (Å²) in [5.41, 5.74) is 0.379. The minimum atomic E-state index is -0.104. The monoisotopic (exact) mass is 370 g/mol. The number of hydrogen-bond acceptors (Lipinski definition) is 4. The fraction of sp³-hybridized carbons (Fsp3) is 0.857. The van der Waals surface area contributed by atoms with Crippen molar-refractivity contribution in [1.82, 2.24) is 19.7 Å². The predicted molar refractivity (Wildman–Crippen MR) is 98.9 cm³/mol. The van der Waals surface area contributed by atoms with Crippen molar-refractivity contribution in [2.24, 2.45) is 16.2 Å². The lowest BCUT2D eigenvalue weighted by atomic mass is 9.52. The third kappa shape index (κ3) is 2.38. The highest BCUT2D eigenvalue weighted by Gasteiger charge is 2.59. The molecule has 1 N–H and O–H groups in total. The van der Waals surface area contributed by atoms with Gasteiger partial charge in [0.25, 0.3) is 0 Å². The first-order valence-corrected chi connectivity index (χ1v) is 10.9. The molecule has 146 valence electrons. The number of hydrogen-bond donors (Lipinski definition) is 1. The van der Waals surface area contributed by atoms with E-state index in [1.165, 1.54) is 12.8 Å². The van der Waals surface area contributed by atoms with Crippen molar-refractivity contribution in [1.29, 1.82) is 0 Å². The largest absolute Gasteiger partial charge is 0.396 e. The molecule has 2 heterocycles. The summed E-state index contributed by atoms with van der Waals surface area (Å²) in [7, 11) is 0. The second kappa shape index (κ2) is 5.34. The van der Waals surface area contributed by atoms with E-state index in [0.29, 0.717) is 29.9 Å². The van der Waals surface area contributed by atoms with E-state index < -0.39 is 0 Å². The van der Waals surface area contributed by atoms with E-state index in [0.717, 1.165) is 70.3 Å². The number of fused-ring (bicyclic) bond motifs is 3. The molecule has 1 spiro atoms. The lowest BCUT2D eigenvalue weighted by molar-refractivity contribution is -0.175. The summed E-state index contributed by atoms with van der Waals surface area (Å²) in [4.78, 5) is 19.9. The summed E-state index contributed by atoms with van der Waals surface area (Å²) in [5.74, 6) is 2.07. The van der Waals surface area contributed by atoms with Crippen LogP contribution in [0.1, 0.15) is 82.0 Å². The minimum absolute atomic E-state index is 0.104. The second-order valence-electron chi connectivity index (χ2n) is 10.5. The van der Waals surface area contributed by atoms with Gasteiger partial charge < -0.3 is 10.0 Å². The van der Waals surface area contributed by atoms with Crippen LogP contribution in [0.15, 0.2) is 6.33 Å². The van der Waals surface area contributed by atoms with E-state index in [4.69, 9.17) is 5.10 Å². The maximum Gasteiger partial charge on any atom is 0.228 e. The molecule has 0 radical (unpaired) electrons. The van der Waals surface area contributed by atoms with Crippen LogP contribution in [0.4, 0.5) is 0 Å². The molecule has 6 aliphatic rings. The SMILES string of the molecule is O=C(N1CC2(CC(n3cnc(C4CC4)n3)C2)C1)C12CCC(CO)(CC1)CC2. The third-order valence-corrected chi connectivity index (χ3v) is 8.71. The van der Waals surface area contributed by atoms with Crippen LogP contribution in [0.3, 0.4) is 0 Å². The fourth-order valence-electron chi connectivity index (χ4n) is 6.44. The van der Waals surface area contributed by atoms with Gasteiger partial charge in [0.05, 0.1) is 6.04 Å². The van der Waals surface area contributed by atoms with Crippen LogP contribution >= 0.6 is 0 Å². The molecular weight excluding hydrogens is 340 g/mol. The van der Waals surface area contributed by atoms with E-state index in [-0.39, 0.29) is 10.8 Å². The fourth-order valence-corrected chi connectivity index (χ4v) is 6.44. The lowest BCUT2D eigenvalue weighted by Crippen LogP contribution is -2.67. The van der Waals surface area contributed by atoms with Crippen LogP contribution in [0.2, 0.25) is 0 Å². The van der Waals surface area contributed by atoms with Crippen LogP contribution in [0, 0.1) is 16.2 Å². The van der Waals surface area contributed by atoms with Crippen molar-refractivity contribution in [2.75, 3.05) is 19.7 Å². The number of carbonyl (C=O) groups excluding carboxylic acids is 1. The number of rotatable bonds is 4. The molecule has 7 rings (SSSR count). The number of likely N-dealkylation sites (tertiary alicyclic amines) is 1. The van der Waals surface area contributed by atoms with E-state index in [1.54, 1.807) is 0 Å². The van der Waals surface area contributed by atoms with E-state index in [9.17, 15) is 9.90 Å². The smallest absolute Gasteiger partial charge is 0.228 e. The van der Waals surface area contributed by atoms with Gasteiger partial charge in [0.2, 0.25) is 5.91 Å². The summed E-state index contributed by atoms with van der Waals surface area (Å²) < 4.78 is 2.08. The van der Waals surface area contributed by atoms with Crippen molar-refractivity contribution in [3.63, 3.8) is 0 Å². The number of aromatic nitrogens is 3. The van der Waals surface area contributed by atoms with Crippen LogP contribution in [-0.4, -0.2) is 50.4 Å². The molecule has 2 bridgehead atoms. The summed E-state index contributed by atoms with van der Waals surface area (Å²) in [5, 5.41) is 14.4. The number of nitrogens with zero attached hydrogens (tertiary/aromatic N) is 4. The molecular formula is C21H30N4O2. The summed E-state index contributed by atoms with van der Waals surface area (Å²) in [6, 6.07) is 0.481. The highest BCUT2D eigenvalue weighted by Crippen LogP contribution is 2.60. The molecule has 1 saturated heterocycles. The highest BCUT2D eigenvalue weighted by molar-refractivity contribution is 5.84. The summed E-state index contributed by atoms with van der Waals surface area (Å²) in [6.45, 7) is 2.19. The van der Waals surface area contributed by atoms with Crippen LogP contribution in [0.25, 0.3) is 0 Å². The van der Waals surface area contributed by atoms with Crippen LogP contribution < -0.4 is 0 Å². The average Bonchev–Trinajstić information content (AvgIpc) is 3.39. The summed E-state index contributed by atoms with van der Waals surface area (Å²) >= 11 is 0. The standard InChI is InChI=1S/C21H30N4O2/c26-13-19-3-6-21(7-4-19,8-5-19)18(27)24-11-20(12-24)9-16(10-20)25-14-22-17(23-25)15-1-2-15/h14-16,26H,1-13H2. The zero-order valence-corrected chi connectivity index (χ0v) is 16.1. The Bertz CT molecular complexity index is 744. The maximum atomic E-state index is 13.3. The average molecular weight is 370 g/mol. The zero-order valence-electron chi connectivity index (χ0n) is 16.1. The first-order chi connectivity index (χ1) is 13.0. The third-order valence-electron chi connectivity index (χ3n) is 8.71. The molecule has 1 amide bonds. The second-order valence-corrected chi connectivity index (χ2v) is 10.5. The molecule has 1 aliphatic heterocycles. The Morgan fingerprint density at radius 3 is 2.37 bits per heavy atom. The minimum Gasteiger partial charge on any atom is -0.396 e. The Balaban J connectivity index is 1.06. The Kier molecular flexibility index (Phi) is 3.27. The predicted octanol–water partition coefficient (Wildman–Crippen LogP) is 2.65. The Morgan fingerprint density at radius 1 is 1.11 bits per heavy atom. The van der Waals surface area contributed by atoms with E-state index >= 15 is 0 Å². The Labute approximate surface area is 160 Å². The van der Waals surface area contributed by atoms with Gasteiger partial charge in [-0.05, 0) is 69.6 Å². The van der Waals surface area contributed by atoms with Gasteiger partial charge in [-0.3, -0.25) is 4.79 Å². The van der Waals surface area contributed by atoms with Crippen LogP contribution in [0.5, 0.6) is 0 Å². The van der Waals surface area contributed by atoms with Crippen molar-refractivity contribution in [3.8, 4) is 0 Å². The molecule has 6 heteroatoms. The van der Waals surface area contributed by atoms with Gasteiger partial charge in [-0.1, -0.05) is 0 Å². The first-order valence-electron chi connectivity index (χ1n) is 10.9. The van der Waals surface area contributed by atoms with Gasteiger partial charge in [-0.15, -0.1) is 0 Å². The number of aliphatic hydroxyl groups excluding tert-OH is 1. The van der Waals surface area contributed by atoms with Crippen LogP contribution in [-0.2, 0) is 4.79 Å². The highest BCUT2D eigenvalue weighted by atomic mass is 16.3. The Morgan fingerprint density at radius 2 is 1.78 bits per heavy atom. The molecule has 1 aromatic heterocycles. The van der Waals surface area contributed by atoms with E-state index in [2.05, 4.69) is 14.6 Å². The Hall–Kier alpha value is -1.43. The van der Waals surface area contributed by atoms with Gasteiger partial charge in [0, 0.05) is 36.4 Å². The van der Waals surface area contributed by atoms with Gasteiger partial charge >= 0.3 is 0 Å². The van der Waals surface area contributed by atoms with Gasteiger partial charge in [-0.2, -0.15) is 5.10 Å². The molecule has 6 fully saturated rings. The molecule has 0 unspecified atom stereocenters. The normalized spacial score (nSPS) is 37.3. The number of carbonyl (C=O) groups is 1. The molecule has 27 heavy (non-hydrogen) atoms. The molecule has 5 saturated carbocycles. The van der Waals surface area contributed by atoms with Crippen molar-refractivity contribution >= 4 is 5.91 Å². The van der Waals surface area contributed by atoms with Crippen molar-refractivity contribution in [3.05, 3.63) is 12.2 Å². The maximum absolute atomic E-state index is 13.3. The zero-order chi connectivity index (χ0) is 18.3. The summed E-state index contributed by atoms with van der Waals surface area (Å²) in [6.07, 6.45) is 12.8. The lowest BCUT2D eigenvalue weighted by Gasteiger charge is -2.61. The molecule has 0 atom stereocenters. The number of aliphatic hydroxyl groups is 1. The molecule has 5 aliphatic carbocycles. The first kappa shape index (κ1) is 16.5. The van der Waals surface area contributed by atoms with Gasteiger partial charge in [0.15, 0.2) is 5.82 Å².